The van der Waals surface area contributed by atoms with Crippen molar-refractivity contribution in [3.05, 3.63) is 35.5 Å². The average molecular weight is 274 g/mol. The van der Waals surface area contributed by atoms with E-state index in [4.69, 9.17) is 5.73 Å². The number of nitrogens with two attached hydrogens (primary N) is 1. The molecule has 2 aromatic rings. The molecule has 3 N–H and O–H groups in total. The number of fused-ring (bicyclic) bond motifs is 1. The Morgan fingerprint density at radius 1 is 1.35 bits per heavy atom. The summed E-state index contributed by atoms with van der Waals surface area (Å²) in [5.74, 6) is -1.89. The molecule has 1 aliphatic heterocycles. The SMILES string of the molecule is Nc1nonc1C(=O)N1c2ccccc2CC1C(=O)O. The Kier molecular flexibility index (Phi) is 2.63. The largest absolute Gasteiger partial charge is 0.480 e. The summed E-state index contributed by atoms with van der Waals surface area (Å²) < 4.78 is 4.39. The van der Waals surface area contributed by atoms with Gasteiger partial charge in [0, 0.05) is 12.1 Å². The number of aliphatic carboxylic acids is 1. The molecule has 1 amide bonds. The molecule has 0 saturated carbocycles. The van der Waals surface area contributed by atoms with E-state index in [9.17, 15) is 14.7 Å². The Balaban J connectivity index is 2.07. The second kappa shape index (κ2) is 4.34. The van der Waals surface area contributed by atoms with Crippen molar-refractivity contribution in [1.82, 2.24) is 10.3 Å². The number of nitrogens with zero attached hydrogens (tertiary/aromatic N) is 3. The van der Waals surface area contributed by atoms with E-state index < -0.39 is 17.9 Å². The predicted molar refractivity (Wildman–Crippen MR) is 67.1 cm³/mol. The second-order valence-corrected chi connectivity index (χ2v) is 4.36. The van der Waals surface area contributed by atoms with Crippen LogP contribution in [-0.2, 0) is 11.2 Å². The molecule has 8 nitrogen and oxygen atoms in total. The number of carbonyl (C=O) groups is 2. The molecule has 1 atom stereocenters. The molecule has 1 unspecified atom stereocenters. The summed E-state index contributed by atoms with van der Waals surface area (Å²) in [6.07, 6.45) is 0.239. The van der Waals surface area contributed by atoms with Crippen LogP contribution in [0.4, 0.5) is 11.5 Å². The number of anilines is 2. The van der Waals surface area contributed by atoms with Gasteiger partial charge in [0.2, 0.25) is 11.5 Å². The number of hydrogen-bond donors (Lipinski definition) is 2. The zero-order valence-corrected chi connectivity index (χ0v) is 10.2. The van der Waals surface area contributed by atoms with Crippen molar-refractivity contribution in [1.29, 1.82) is 0 Å². The monoisotopic (exact) mass is 274 g/mol. The first-order valence-corrected chi connectivity index (χ1v) is 5.82. The van der Waals surface area contributed by atoms with Gasteiger partial charge in [-0.15, -0.1) is 0 Å². The van der Waals surface area contributed by atoms with E-state index in [1.807, 2.05) is 0 Å². The maximum Gasteiger partial charge on any atom is 0.327 e. The molecule has 0 radical (unpaired) electrons. The molecule has 0 saturated heterocycles. The number of nitrogen functional groups attached to an aromatic ring is 1. The third-order valence-electron chi connectivity index (χ3n) is 3.20. The van der Waals surface area contributed by atoms with Gasteiger partial charge in [0.1, 0.15) is 6.04 Å². The fraction of sp³-hybridized carbons (Fsp3) is 0.167. The normalized spacial score (nSPS) is 17.0. The van der Waals surface area contributed by atoms with Gasteiger partial charge in [-0.2, -0.15) is 0 Å². The third kappa shape index (κ3) is 1.69. The zero-order valence-electron chi connectivity index (χ0n) is 10.2. The summed E-state index contributed by atoms with van der Waals surface area (Å²) in [7, 11) is 0. The number of benzene rings is 1. The molecule has 2 heterocycles. The topological polar surface area (TPSA) is 123 Å². The fourth-order valence-electron chi connectivity index (χ4n) is 2.29. The minimum Gasteiger partial charge on any atom is -0.480 e. The van der Waals surface area contributed by atoms with Crippen LogP contribution in [0, 0.1) is 0 Å². The van der Waals surface area contributed by atoms with Crippen LogP contribution in [-0.4, -0.2) is 33.3 Å². The van der Waals surface area contributed by atoms with Crippen LogP contribution >= 0.6 is 0 Å². The quantitative estimate of drug-likeness (QED) is 0.807. The molecule has 0 spiro atoms. The summed E-state index contributed by atoms with van der Waals surface area (Å²) in [6, 6.07) is 5.99. The van der Waals surface area contributed by atoms with Gasteiger partial charge in [0.05, 0.1) is 0 Å². The highest BCUT2D eigenvalue weighted by Gasteiger charge is 2.40. The smallest absolute Gasteiger partial charge is 0.327 e. The number of hydrogen-bond acceptors (Lipinski definition) is 6. The summed E-state index contributed by atoms with van der Waals surface area (Å²) in [6.45, 7) is 0. The Hall–Kier alpha value is -2.90. The first kappa shape index (κ1) is 12.2. The van der Waals surface area contributed by atoms with Crippen LogP contribution in [0.25, 0.3) is 0 Å². The maximum atomic E-state index is 12.4. The van der Waals surface area contributed by atoms with E-state index in [2.05, 4.69) is 14.9 Å². The number of carboxylic acids is 1. The van der Waals surface area contributed by atoms with Crippen LogP contribution < -0.4 is 10.6 Å². The minimum absolute atomic E-state index is 0.163. The van der Waals surface area contributed by atoms with Crippen LogP contribution in [0.3, 0.4) is 0 Å². The molecule has 8 heteroatoms. The molecule has 1 aromatic heterocycles. The molecule has 0 bridgehead atoms. The molecule has 1 aromatic carbocycles. The summed E-state index contributed by atoms with van der Waals surface area (Å²) in [4.78, 5) is 24.9. The van der Waals surface area contributed by atoms with Crippen molar-refractivity contribution in [2.45, 2.75) is 12.5 Å². The first-order chi connectivity index (χ1) is 9.59. The van der Waals surface area contributed by atoms with Gasteiger partial charge >= 0.3 is 5.97 Å². The van der Waals surface area contributed by atoms with E-state index >= 15 is 0 Å². The van der Waals surface area contributed by atoms with Crippen molar-refractivity contribution in [3.8, 4) is 0 Å². The van der Waals surface area contributed by atoms with Gasteiger partial charge in [-0.25, -0.2) is 9.42 Å². The van der Waals surface area contributed by atoms with E-state index in [1.165, 1.54) is 0 Å². The van der Waals surface area contributed by atoms with E-state index in [0.29, 0.717) is 5.69 Å². The van der Waals surface area contributed by atoms with Crippen molar-refractivity contribution < 1.29 is 19.3 Å². The molecule has 3 rings (SSSR count). The van der Waals surface area contributed by atoms with Crippen molar-refractivity contribution in [2.75, 3.05) is 10.6 Å². The van der Waals surface area contributed by atoms with Crippen LogP contribution in [0.2, 0.25) is 0 Å². The summed E-state index contributed by atoms with van der Waals surface area (Å²) in [5, 5.41) is 16.1. The Bertz CT molecular complexity index is 696. The lowest BCUT2D eigenvalue weighted by Crippen LogP contribution is -2.43. The number of aromatic nitrogens is 2. The fourth-order valence-corrected chi connectivity index (χ4v) is 2.29. The molecule has 20 heavy (non-hydrogen) atoms. The highest BCUT2D eigenvalue weighted by atomic mass is 16.6. The molecular formula is C12H10N4O4. The van der Waals surface area contributed by atoms with Crippen LogP contribution in [0.1, 0.15) is 16.1 Å². The maximum absolute atomic E-state index is 12.4. The number of para-hydroxylation sites is 1. The van der Waals surface area contributed by atoms with Gasteiger partial charge in [0.25, 0.3) is 5.91 Å². The van der Waals surface area contributed by atoms with Gasteiger partial charge in [-0.05, 0) is 21.9 Å². The van der Waals surface area contributed by atoms with Crippen molar-refractivity contribution in [3.63, 3.8) is 0 Å². The van der Waals surface area contributed by atoms with E-state index in [1.54, 1.807) is 24.3 Å². The number of carbonyl (C=O) groups excluding carboxylic acids is 1. The Morgan fingerprint density at radius 3 is 2.75 bits per heavy atom. The van der Waals surface area contributed by atoms with Gasteiger partial charge in [0.15, 0.2) is 0 Å². The number of rotatable bonds is 2. The second-order valence-electron chi connectivity index (χ2n) is 4.36. The lowest BCUT2D eigenvalue weighted by atomic mass is 10.1. The highest BCUT2D eigenvalue weighted by molar-refractivity contribution is 6.11. The molecule has 0 fully saturated rings. The minimum atomic E-state index is -1.09. The van der Waals surface area contributed by atoms with Crippen molar-refractivity contribution >= 4 is 23.4 Å². The Labute approximate surface area is 112 Å². The van der Waals surface area contributed by atoms with Crippen molar-refractivity contribution in [2.24, 2.45) is 0 Å². The van der Waals surface area contributed by atoms with Gasteiger partial charge < -0.3 is 10.8 Å². The first-order valence-electron chi connectivity index (χ1n) is 5.82. The molecule has 0 aliphatic carbocycles. The van der Waals surface area contributed by atoms with Gasteiger partial charge in [-0.3, -0.25) is 9.69 Å². The number of amides is 1. The van der Waals surface area contributed by atoms with E-state index in [-0.39, 0.29) is 17.9 Å². The lowest BCUT2D eigenvalue weighted by molar-refractivity contribution is -0.138. The number of carboxylic acid groups (broad SMARTS) is 1. The third-order valence-corrected chi connectivity index (χ3v) is 3.20. The summed E-state index contributed by atoms with van der Waals surface area (Å²) >= 11 is 0. The van der Waals surface area contributed by atoms with Gasteiger partial charge in [-0.1, -0.05) is 18.2 Å². The summed E-state index contributed by atoms with van der Waals surface area (Å²) in [5.41, 5.74) is 6.62. The lowest BCUT2D eigenvalue weighted by Gasteiger charge is -2.21. The predicted octanol–water partition coefficient (Wildman–Crippen LogP) is 0.308. The van der Waals surface area contributed by atoms with E-state index in [0.717, 1.165) is 10.5 Å². The highest BCUT2D eigenvalue weighted by Crippen LogP contribution is 2.33. The van der Waals surface area contributed by atoms with Crippen LogP contribution in [0.15, 0.2) is 28.9 Å². The average Bonchev–Trinajstić information content (AvgIpc) is 3.01. The zero-order chi connectivity index (χ0) is 14.3. The molecular weight excluding hydrogens is 264 g/mol. The Morgan fingerprint density at radius 2 is 2.10 bits per heavy atom. The molecule has 102 valence electrons. The van der Waals surface area contributed by atoms with Crippen LogP contribution in [0.5, 0.6) is 0 Å². The molecule has 1 aliphatic rings. The standard InChI is InChI=1S/C12H10N4O4/c13-10-9(14-20-15-10)11(17)16-7-4-2-1-3-6(7)5-8(16)12(18)19/h1-4,8H,5H2,(H2,13,15)(H,18,19).